The first-order valence-corrected chi connectivity index (χ1v) is 7.42. The highest BCUT2D eigenvalue weighted by Gasteiger charge is 2.22. The first kappa shape index (κ1) is 15.9. The van der Waals surface area contributed by atoms with Crippen LogP contribution < -0.4 is 11.1 Å². The van der Waals surface area contributed by atoms with E-state index in [1.807, 2.05) is 13.0 Å². The first-order valence-electron chi connectivity index (χ1n) is 6.63. The smallest absolute Gasteiger partial charge is 0.173 e. The van der Waals surface area contributed by atoms with Gasteiger partial charge in [-0.1, -0.05) is 19.1 Å². The quantitative estimate of drug-likeness (QED) is 0.802. The lowest BCUT2D eigenvalue weighted by Gasteiger charge is -2.22. The molecule has 1 heterocycles. The minimum Gasteiger partial charge on any atom is -0.383 e. The zero-order chi connectivity index (χ0) is 15.4. The largest absolute Gasteiger partial charge is 0.383 e. The summed E-state index contributed by atoms with van der Waals surface area (Å²) >= 11 is 3.13. The van der Waals surface area contributed by atoms with Crippen molar-refractivity contribution in [3.05, 3.63) is 57.7 Å². The molecular weight excluding hydrogens is 340 g/mol. The Kier molecular flexibility index (Phi) is 5.25. The summed E-state index contributed by atoms with van der Waals surface area (Å²) in [6.45, 7) is 2.74. The van der Waals surface area contributed by atoms with Crippen molar-refractivity contribution in [2.75, 3.05) is 12.3 Å². The van der Waals surface area contributed by atoms with Crippen molar-refractivity contribution in [2.45, 2.75) is 19.4 Å². The first-order chi connectivity index (χ1) is 10.1. The SMILES string of the molecule is CCCNC(c1cccnc1N)c1ccc(F)c(F)c1Br. The molecule has 2 rings (SSSR count). The number of nitrogens with zero attached hydrogens (tertiary/aromatic N) is 1. The topological polar surface area (TPSA) is 50.9 Å². The molecule has 1 unspecified atom stereocenters. The van der Waals surface area contributed by atoms with Crippen LogP contribution in [0.2, 0.25) is 0 Å². The van der Waals surface area contributed by atoms with E-state index < -0.39 is 11.6 Å². The Balaban J connectivity index is 2.51. The number of anilines is 1. The Morgan fingerprint density at radius 3 is 2.71 bits per heavy atom. The zero-order valence-corrected chi connectivity index (χ0v) is 13.1. The highest BCUT2D eigenvalue weighted by molar-refractivity contribution is 9.10. The molecule has 2 aromatic rings. The van der Waals surface area contributed by atoms with E-state index >= 15 is 0 Å². The van der Waals surface area contributed by atoms with Crippen LogP contribution in [-0.2, 0) is 0 Å². The van der Waals surface area contributed by atoms with E-state index in [0.717, 1.165) is 18.1 Å². The van der Waals surface area contributed by atoms with Gasteiger partial charge in [0.1, 0.15) is 5.82 Å². The van der Waals surface area contributed by atoms with Crippen molar-refractivity contribution in [3.8, 4) is 0 Å². The average Bonchev–Trinajstić information content (AvgIpc) is 2.48. The van der Waals surface area contributed by atoms with E-state index in [2.05, 4.69) is 26.2 Å². The fourth-order valence-corrected chi connectivity index (χ4v) is 2.66. The van der Waals surface area contributed by atoms with Crippen molar-refractivity contribution in [1.29, 1.82) is 0 Å². The number of hydrogen-bond acceptors (Lipinski definition) is 3. The van der Waals surface area contributed by atoms with Crippen LogP contribution in [0.4, 0.5) is 14.6 Å². The van der Waals surface area contributed by atoms with Gasteiger partial charge in [0.25, 0.3) is 0 Å². The van der Waals surface area contributed by atoms with Gasteiger partial charge in [-0.25, -0.2) is 13.8 Å². The lowest BCUT2D eigenvalue weighted by molar-refractivity contribution is 0.497. The van der Waals surface area contributed by atoms with Crippen molar-refractivity contribution in [2.24, 2.45) is 0 Å². The van der Waals surface area contributed by atoms with Gasteiger partial charge in [0, 0.05) is 11.8 Å². The maximum atomic E-state index is 13.8. The number of nitrogens with two attached hydrogens (primary N) is 1. The molecule has 0 fully saturated rings. The van der Waals surface area contributed by atoms with E-state index in [1.165, 1.54) is 0 Å². The molecular formula is C15H16BrF2N3. The Bertz CT molecular complexity index is 634. The lowest BCUT2D eigenvalue weighted by atomic mass is 9.98. The standard InChI is InChI=1S/C15H16BrF2N3/c1-2-7-20-14(10-4-3-8-21-15(10)19)9-5-6-11(17)13(18)12(9)16/h3-6,8,14,20H,2,7H2,1H3,(H2,19,21). The molecule has 0 aliphatic heterocycles. The number of pyridine rings is 1. The van der Waals surface area contributed by atoms with Crippen LogP contribution in [0.1, 0.15) is 30.5 Å². The molecule has 1 atom stereocenters. The molecule has 6 heteroatoms. The molecule has 0 saturated heterocycles. The van der Waals surface area contributed by atoms with Crippen LogP contribution in [-0.4, -0.2) is 11.5 Å². The molecule has 3 N–H and O–H groups in total. The van der Waals surface area contributed by atoms with Crippen LogP contribution in [0.15, 0.2) is 34.9 Å². The summed E-state index contributed by atoms with van der Waals surface area (Å²) in [7, 11) is 0. The number of aromatic nitrogens is 1. The van der Waals surface area contributed by atoms with Gasteiger partial charge < -0.3 is 11.1 Å². The Labute approximate surface area is 130 Å². The summed E-state index contributed by atoms with van der Waals surface area (Å²) < 4.78 is 27.2. The van der Waals surface area contributed by atoms with Crippen molar-refractivity contribution in [1.82, 2.24) is 10.3 Å². The van der Waals surface area contributed by atoms with Crippen molar-refractivity contribution in [3.63, 3.8) is 0 Å². The van der Waals surface area contributed by atoms with E-state index in [9.17, 15) is 8.78 Å². The predicted octanol–water partition coefficient (Wildman–Crippen LogP) is 3.79. The van der Waals surface area contributed by atoms with E-state index in [0.29, 0.717) is 17.9 Å². The molecule has 0 saturated carbocycles. The van der Waals surface area contributed by atoms with Crippen LogP contribution >= 0.6 is 15.9 Å². The Morgan fingerprint density at radius 1 is 1.29 bits per heavy atom. The van der Waals surface area contributed by atoms with E-state index in [4.69, 9.17) is 5.73 Å². The normalized spacial score (nSPS) is 12.4. The minimum atomic E-state index is -0.904. The van der Waals surface area contributed by atoms with Gasteiger partial charge >= 0.3 is 0 Å². The maximum absolute atomic E-state index is 13.8. The van der Waals surface area contributed by atoms with Gasteiger partial charge in [0.2, 0.25) is 0 Å². The summed E-state index contributed by atoms with van der Waals surface area (Å²) in [5, 5.41) is 3.29. The van der Waals surface area contributed by atoms with Gasteiger partial charge in [0.05, 0.1) is 10.5 Å². The molecule has 3 nitrogen and oxygen atoms in total. The number of nitrogen functional groups attached to an aromatic ring is 1. The highest BCUT2D eigenvalue weighted by atomic mass is 79.9. The second-order valence-corrected chi connectivity index (χ2v) is 5.42. The van der Waals surface area contributed by atoms with Crippen LogP contribution in [0.5, 0.6) is 0 Å². The number of benzene rings is 1. The van der Waals surface area contributed by atoms with Gasteiger partial charge in [-0.05, 0) is 46.6 Å². The van der Waals surface area contributed by atoms with E-state index in [-0.39, 0.29) is 10.5 Å². The fourth-order valence-electron chi connectivity index (χ4n) is 2.11. The number of hydrogen-bond donors (Lipinski definition) is 2. The van der Waals surface area contributed by atoms with Gasteiger partial charge in [0.15, 0.2) is 11.6 Å². The highest BCUT2D eigenvalue weighted by Crippen LogP contribution is 2.33. The Morgan fingerprint density at radius 2 is 2.05 bits per heavy atom. The Hall–Kier alpha value is -1.53. The number of nitrogens with one attached hydrogen (secondary N) is 1. The fraction of sp³-hybridized carbons (Fsp3) is 0.267. The minimum absolute atomic E-state index is 0.0966. The molecule has 0 bridgehead atoms. The summed E-state index contributed by atoms with van der Waals surface area (Å²) in [6.07, 6.45) is 2.49. The molecule has 0 spiro atoms. The monoisotopic (exact) mass is 355 g/mol. The summed E-state index contributed by atoms with van der Waals surface area (Å²) in [6, 6.07) is 5.89. The molecule has 1 aromatic carbocycles. The third kappa shape index (κ3) is 3.39. The molecule has 0 aliphatic carbocycles. The predicted molar refractivity (Wildman–Crippen MR) is 82.8 cm³/mol. The van der Waals surface area contributed by atoms with Crippen LogP contribution in [0.25, 0.3) is 0 Å². The second kappa shape index (κ2) is 6.95. The molecule has 1 aromatic heterocycles. The third-order valence-corrected chi connectivity index (χ3v) is 3.96. The van der Waals surface area contributed by atoms with Crippen LogP contribution in [0.3, 0.4) is 0 Å². The second-order valence-electron chi connectivity index (χ2n) is 4.63. The average molecular weight is 356 g/mol. The summed E-state index contributed by atoms with van der Waals surface area (Å²) in [5.74, 6) is -1.43. The lowest BCUT2D eigenvalue weighted by Crippen LogP contribution is -2.25. The number of halogens is 3. The van der Waals surface area contributed by atoms with Crippen molar-refractivity contribution < 1.29 is 8.78 Å². The van der Waals surface area contributed by atoms with Gasteiger partial charge in [-0.15, -0.1) is 0 Å². The van der Waals surface area contributed by atoms with Gasteiger partial charge in [-0.3, -0.25) is 0 Å². The van der Waals surface area contributed by atoms with Crippen LogP contribution in [0, 0.1) is 11.6 Å². The molecule has 0 radical (unpaired) electrons. The number of rotatable bonds is 5. The molecule has 0 aliphatic rings. The zero-order valence-electron chi connectivity index (χ0n) is 11.5. The summed E-state index contributed by atoms with van der Waals surface area (Å²) in [5.41, 5.74) is 7.23. The third-order valence-electron chi connectivity index (χ3n) is 3.16. The molecule has 112 valence electrons. The summed E-state index contributed by atoms with van der Waals surface area (Å²) in [4.78, 5) is 4.06. The molecule has 21 heavy (non-hydrogen) atoms. The van der Waals surface area contributed by atoms with Gasteiger partial charge in [-0.2, -0.15) is 0 Å². The van der Waals surface area contributed by atoms with E-state index in [1.54, 1.807) is 18.3 Å². The van der Waals surface area contributed by atoms with Crippen molar-refractivity contribution >= 4 is 21.7 Å². The maximum Gasteiger partial charge on any atom is 0.173 e. The molecule has 0 amide bonds.